The van der Waals surface area contributed by atoms with Crippen LogP contribution < -0.4 is 4.74 Å². The van der Waals surface area contributed by atoms with Crippen molar-refractivity contribution >= 4 is 0 Å². The van der Waals surface area contributed by atoms with Gasteiger partial charge in [-0.25, -0.2) is 4.98 Å². The van der Waals surface area contributed by atoms with Crippen molar-refractivity contribution in [2.75, 3.05) is 0 Å². The molecule has 0 aliphatic heterocycles. The zero-order chi connectivity index (χ0) is 13.9. The number of hydrogen-bond acceptors (Lipinski definition) is 3. The van der Waals surface area contributed by atoms with E-state index in [1.54, 1.807) is 0 Å². The Morgan fingerprint density at radius 3 is 2.47 bits per heavy atom. The molecule has 2 aromatic rings. The number of aromatic nitrogens is 1. The van der Waals surface area contributed by atoms with E-state index < -0.39 is 11.7 Å². The Morgan fingerprint density at radius 2 is 1.89 bits per heavy atom. The Hall–Kier alpha value is -2.55. The molecular weight excluding hydrogens is 257 g/mol. The van der Waals surface area contributed by atoms with Gasteiger partial charge in [-0.1, -0.05) is 6.07 Å². The molecule has 1 aromatic heterocycles. The maximum Gasteiger partial charge on any atom is 0.416 e. The van der Waals surface area contributed by atoms with Crippen LogP contribution in [0.15, 0.2) is 42.6 Å². The van der Waals surface area contributed by atoms with E-state index in [1.807, 2.05) is 6.07 Å². The van der Waals surface area contributed by atoms with Gasteiger partial charge in [0.1, 0.15) is 23.3 Å². The first-order valence-electron chi connectivity index (χ1n) is 5.20. The van der Waals surface area contributed by atoms with Gasteiger partial charge in [-0.05, 0) is 30.3 Å². The van der Waals surface area contributed by atoms with Crippen LogP contribution in [0.2, 0.25) is 0 Å². The monoisotopic (exact) mass is 264 g/mol. The first-order chi connectivity index (χ1) is 8.99. The molecule has 0 unspecified atom stereocenters. The van der Waals surface area contributed by atoms with Crippen molar-refractivity contribution in [2.45, 2.75) is 6.18 Å². The number of nitriles is 1. The zero-order valence-electron chi connectivity index (χ0n) is 9.48. The van der Waals surface area contributed by atoms with Gasteiger partial charge in [0.05, 0.1) is 11.8 Å². The van der Waals surface area contributed by atoms with E-state index in [0.29, 0.717) is 0 Å². The number of rotatable bonds is 2. The highest BCUT2D eigenvalue weighted by Crippen LogP contribution is 2.32. The van der Waals surface area contributed by atoms with Crippen LogP contribution in [-0.2, 0) is 6.18 Å². The predicted molar refractivity (Wildman–Crippen MR) is 60.5 cm³/mol. The molecule has 0 bridgehead atoms. The lowest BCUT2D eigenvalue weighted by Gasteiger charge is -2.09. The van der Waals surface area contributed by atoms with Crippen LogP contribution in [0.1, 0.15) is 11.3 Å². The zero-order valence-corrected chi connectivity index (χ0v) is 9.48. The minimum absolute atomic E-state index is 0.0568. The Balaban J connectivity index is 2.21. The van der Waals surface area contributed by atoms with Gasteiger partial charge in [0.2, 0.25) is 0 Å². The van der Waals surface area contributed by atoms with Crippen LogP contribution in [0, 0.1) is 11.3 Å². The molecule has 0 amide bonds. The second-order valence-electron chi connectivity index (χ2n) is 3.62. The van der Waals surface area contributed by atoms with E-state index in [-0.39, 0.29) is 17.2 Å². The van der Waals surface area contributed by atoms with Gasteiger partial charge in [0.15, 0.2) is 0 Å². The topological polar surface area (TPSA) is 45.9 Å². The van der Waals surface area contributed by atoms with E-state index in [0.717, 1.165) is 12.1 Å². The van der Waals surface area contributed by atoms with Gasteiger partial charge in [-0.3, -0.25) is 0 Å². The number of halogens is 3. The molecule has 0 aliphatic carbocycles. The van der Waals surface area contributed by atoms with Crippen LogP contribution in [0.25, 0.3) is 0 Å². The van der Waals surface area contributed by atoms with Crippen LogP contribution in [0.4, 0.5) is 13.2 Å². The highest BCUT2D eigenvalue weighted by atomic mass is 19.4. The number of alkyl halides is 3. The van der Waals surface area contributed by atoms with Gasteiger partial charge in [0.25, 0.3) is 0 Å². The Bertz CT molecular complexity index is 615. The first-order valence-corrected chi connectivity index (χ1v) is 5.20. The van der Waals surface area contributed by atoms with Crippen molar-refractivity contribution in [2.24, 2.45) is 0 Å². The molecule has 1 heterocycles. The number of hydrogen-bond donors (Lipinski definition) is 0. The fraction of sp³-hybridized carbons (Fsp3) is 0.0769. The van der Waals surface area contributed by atoms with E-state index in [2.05, 4.69) is 4.98 Å². The minimum Gasteiger partial charge on any atom is -0.456 e. The van der Waals surface area contributed by atoms with Gasteiger partial charge in [-0.2, -0.15) is 18.4 Å². The molecule has 0 fully saturated rings. The van der Waals surface area contributed by atoms with E-state index >= 15 is 0 Å². The quantitative estimate of drug-likeness (QED) is 0.829. The lowest BCUT2D eigenvalue weighted by Crippen LogP contribution is -2.04. The van der Waals surface area contributed by atoms with Crippen LogP contribution in [0.5, 0.6) is 11.5 Å². The minimum atomic E-state index is -4.41. The molecular formula is C13H7F3N2O. The average Bonchev–Trinajstić information content (AvgIpc) is 2.39. The molecule has 6 heteroatoms. The van der Waals surface area contributed by atoms with Crippen molar-refractivity contribution in [3.63, 3.8) is 0 Å². The molecule has 0 radical (unpaired) electrons. The fourth-order valence-corrected chi connectivity index (χ4v) is 1.38. The highest BCUT2D eigenvalue weighted by molar-refractivity contribution is 5.35. The molecule has 19 heavy (non-hydrogen) atoms. The van der Waals surface area contributed by atoms with Crippen molar-refractivity contribution < 1.29 is 17.9 Å². The smallest absolute Gasteiger partial charge is 0.416 e. The molecule has 0 saturated heterocycles. The highest BCUT2D eigenvalue weighted by Gasteiger charge is 2.30. The fourth-order valence-electron chi connectivity index (χ4n) is 1.38. The molecule has 1 aromatic carbocycles. The summed E-state index contributed by atoms with van der Waals surface area (Å²) in [5, 5.41) is 8.57. The third kappa shape index (κ3) is 3.22. The third-order valence-corrected chi connectivity index (χ3v) is 2.25. The molecule has 0 N–H and O–H groups in total. The number of benzene rings is 1. The summed E-state index contributed by atoms with van der Waals surface area (Å²) < 4.78 is 42.7. The summed E-state index contributed by atoms with van der Waals surface area (Å²) in [7, 11) is 0. The lowest BCUT2D eigenvalue weighted by atomic mass is 10.2. The third-order valence-electron chi connectivity index (χ3n) is 2.25. The SMILES string of the molecule is N#Cc1ccc(Oc2cccc(C(F)(F)F)c2)cn1. The average molecular weight is 264 g/mol. The number of pyridine rings is 1. The Labute approximate surface area is 106 Å². The van der Waals surface area contributed by atoms with E-state index in [4.69, 9.17) is 10.00 Å². The molecule has 0 atom stereocenters. The predicted octanol–water partition coefficient (Wildman–Crippen LogP) is 3.76. The summed E-state index contributed by atoms with van der Waals surface area (Å²) >= 11 is 0. The van der Waals surface area contributed by atoms with Gasteiger partial charge in [-0.15, -0.1) is 0 Å². The Morgan fingerprint density at radius 1 is 1.11 bits per heavy atom. The van der Waals surface area contributed by atoms with Crippen LogP contribution in [0.3, 0.4) is 0 Å². The number of ether oxygens (including phenoxy) is 1. The van der Waals surface area contributed by atoms with Crippen molar-refractivity contribution in [3.05, 3.63) is 53.9 Å². The van der Waals surface area contributed by atoms with Crippen LogP contribution in [-0.4, -0.2) is 4.98 Å². The van der Waals surface area contributed by atoms with Crippen LogP contribution >= 0.6 is 0 Å². The normalized spacial score (nSPS) is 10.8. The molecule has 96 valence electrons. The maximum absolute atomic E-state index is 12.5. The summed E-state index contributed by atoms with van der Waals surface area (Å²) in [6.45, 7) is 0. The maximum atomic E-state index is 12.5. The molecule has 2 rings (SSSR count). The standard InChI is InChI=1S/C13H7F3N2O/c14-13(15,16)9-2-1-3-11(6-9)19-12-5-4-10(7-17)18-8-12/h1-6,8H. The lowest BCUT2D eigenvalue weighted by molar-refractivity contribution is -0.137. The van der Waals surface area contributed by atoms with Crippen molar-refractivity contribution in [1.29, 1.82) is 5.26 Å². The second kappa shape index (κ2) is 4.98. The van der Waals surface area contributed by atoms with Crippen molar-refractivity contribution in [1.82, 2.24) is 4.98 Å². The Kier molecular flexibility index (Phi) is 3.38. The van der Waals surface area contributed by atoms with E-state index in [1.165, 1.54) is 30.5 Å². The second-order valence-corrected chi connectivity index (χ2v) is 3.62. The summed E-state index contributed by atoms with van der Waals surface area (Å²) in [5.74, 6) is 0.319. The van der Waals surface area contributed by atoms with Gasteiger partial charge in [0, 0.05) is 0 Å². The van der Waals surface area contributed by atoms with Crippen molar-refractivity contribution in [3.8, 4) is 17.6 Å². The molecule has 0 aliphatic rings. The first kappa shape index (κ1) is 12.9. The summed E-state index contributed by atoms with van der Waals surface area (Å²) in [6, 6.07) is 9.25. The van der Waals surface area contributed by atoms with E-state index in [9.17, 15) is 13.2 Å². The molecule has 3 nitrogen and oxygen atoms in total. The van der Waals surface area contributed by atoms with Gasteiger partial charge < -0.3 is 4.74 Å². The largest absolute Gasteiger partial charge is 0.456 e. The summed E-state index contributed by atoms with van der Waals surface area (Å²) in [5.41, 5.74) is -0.581. The van der Waals surface area contributed by atoms with Gasteiger partial charge >= 0.3 is 6.18 Å². The number of nitrogens with zero attached hydrogens (tertiary/aromatic N) is 2. The molecule has 0 spiro atoms. The molecule has 0 saturated carbocycles. The summed E-state index contributed by atoms with van der Waals surface area (Å²) in [6.07, 6.45) is -3.14. The summed E-state index contributed by atoms with van der Waals surface area (Å²) in [4.78, 5) is 3.76.